The number of ether oxygens (including phenoxy) is 2. The number of rotatable bonds is 9. The number of methoxy groups -OCH3 is 1. The molecule has 39 heavy (non-hydrogen) atoms. The molecule has 4 unspecified atom stereocenters. The van der Waals surface area contributed by atoms with E-state index in [-0.39, 0.29) is 36.7 Å². The van der Waals surface area contributed by atoms with E-state index in [9.17, 15) is 19.6 Å². The van der Waals surface area contributed by atoms with Crippen molar-refractivity contribution in [1.29, 1.82) is 5.26 Å². The van der Waals surface area contributed by atoms with Gasteiger partial charge in [0, 0.05) is 36.2 Å². The molecule has 5 rings (SSSR count). The number of H-pyrrole nitrogens is 1. The molecule has 1 saturated carbocycles. The zero-order valence-electron chi connectivity index (χ0n) is 21.9. The van der Waals surface area contributed by atoms with Crippen LogP contribution in [0.25, 0.3) is 10.9 Å². The molecule has 0 radical (unpaired) electrons. The molecule has 1 aromatic heterocycles. The number of hydrogen-bond donors (Lipinski definition) is 2. The number of nitrogens with zero attached hydrogens (tertiary/aromatic N) is 2. The third kappa shape index (κ3) is 5.81. The Balaban J connectivity index is 1.35. The van der Waals surface area contributed by atoms with Gasteiger partial charge in [-0.05, 0) is 43.0 Å². The molecular weight excluding hydrogens is 496 g/mol. The first kappa shape index (κ1) is 26.4. The summed E-state index contributed by atoms with van der Waals surface area (Å²) in [7, 11) is 1.57. The molecule has 0 spiro atoms. The monoisotopic (exact) mass is 528 g/mol. The number of fused-ring (bicyclic) bond motifs is 1. The Hall–Kier alpha value is -4.16. The van der Waals surface area contributed by atoms with Crippen molar-refractivity contribution in [1.82, 2.24) is 15.2 Å². The van der Waals surface area contributed by atoms with E-state index in [2.05, 4.69) is 16.4 Å². The summed E-state index contributed by atoms with van der Waals surface area (Å²) in [5, 5.41) is 13.3. The van der Waals surface area contributed by atoms with Crippen LogP contribution in [0.3, 0.4) is 0 Å². The Morgan fingerprint density at radius 3 is 2.74 bits per heavy atom. The third-order valence-electron chi connectivity index (χ3n) is 7.65. The van der Waals surface area contributed by atoms with E-state index in [1.54, 1.807) is 13.2 Å². The number of carbonyl (C=O) groups is 3. The van der Waals surface area contributed by atoms with Crippen LogP contribution >= 0.6 is 0 Å². The Kier molecular flexibility index (Phi) is 7.94. The second-order valence-electron chi connectivity index (χ2n) is 10.2. The number of aromatic amines is 1. The van der Waals surface area contributed by atoms with E-state index in [0.717, 1.165) is 29.3 Å². The third-order valence-corrected chi connectivity index (χ3v) is 7.65. The molecule has 2 aliphatic rings. The number of ketones is 1. The van der Waals surface area contributed by atoms with E-state index >= 15 is 0 Å². The molecule has 3 aromatic rings. The van der Waals surface area contributed by atoms with Crippen LogP contribution in [0.1, 0.15) is 48.2 Å². The second kappa shape index (κ2) is 11.7. The topological polar surface area (TPSA) is 125 Å². The maximum absolute atomic E-state index is 13.7. The van der Waals surface area contributed by atoms with Crippen molar-refractivity contribution in [3.63, 3.8) is 0 Å². The van der Waals surface area contributed by atoms with Crippen molar-refractivity contribution < 1.29 is 23.9 Å². The van der Waals surface area contributed by atoms with Crippen LogP contribution in [0.2, 0.25) is 0 Å². The minimum Gasteiger partial charge on any atom is -0.496 e. The average molecular weight is 529 g/mol. The number of hydrogen-bond acceptors (Lipinski definition) is 6. The normalized spacial score (nSPS) is 21.6. The summed E-state index contributed by atoms with van der Waals surface area (Å²) >= 11 is 0. The highest BCUT2D eigenvalue weighted by molar-refractivity contribution is 6.01. The van der Waals surface area contributed by atoms with Gasteiger partial charge in [0.2, 0.25) is 5.91 Å². The van der Waals surface area contributed by atoms with Gasteiger partial charge < -0.3 is 24.7 Å². The fraction of sp³-hybridized carbons (Fsp3) is 0.400. The van der Waals surface area contributed by atoms with Gasteiger partial charge in [0.1, 0.15) is 29.3 Å². The minimum absolute atomic E-state index is 0.144. The molecule has 1 aliphatic carbocycles. The van der Waals surface area contributed by atoms with E-state index in [0.29, 0.717) is 30.9 Å². The number of carbonyl (C=O) groups excluding carboxylic acids is 3. The van der Waals surface area contributed by atoms with Crippen LogP contribution in [0.5, 0.6) is 5.75 Å². The van der Waals surface area contributed by atoms with Gasteiger partial charge in [-0.2, -0.15) is 5.26 Å². The summed E-state index contributed by atoms with van der Waals surface area (Å²) < 4.78 is 11.6. The molecule has 2 heterocycles. The standard InChI is InChI=1S/C30H32N4O5/c1-38-28-12-6-10-24-23(28)15-25(33-24)30(37)34-17-22(39-18-19-7-3-2-4-8-19)14-26(34)29(36)32-21(16-31)13-20-9-5-11-27(20)35/h2-4,6-8,10,12,15,20-22,26,33H,5,9,11,13-14,17-18H2,1H3,(H,32,36). The first-order valence-electron chi connectivity index (χ1n) is 13.3. The molecule has 0 bridgehead atoms. The number of nitriles is 1. The van der Waals surface area contributed by atoms with E-state index in [4.69, 9.17) is 9.47 Å². The number of likely N-dealkylation sites (tertiary alicyclic amines) is 1. The highest BCUT2D eigenvalue weighted by Gasteiger charge is 2.42. The summed E-state index contributed by atoms with van der Waals surface area (Å²) in [6.07, 6.45) is 2.31. The van der Waals surface area contributed by atoms with Crippen LogP contribution in [0.15, 0.2) is 54.6 Å². The SMILES string of the molecule is COc1cccc2[nH]c(C(=O)N3CC(OCc4ccccc4)CC3C(=O)NC(C#N)CC3CCCC3=O)cc12. The largest absolute Gasteiger partial charge is 0.496 e. The first-order valence-corrected chi connectivity index (χ1v) is 13.3. The van der Waals surface area contributed by atoms with Gasteiger partial charge in [0.25, 0.3) is 5.91 Å². The van der Waals surface area contributed by atoms with Gasteiger partial charge in [-0.15, -0.1) is 0 Å². The lowest BCUT2D eigenvalue weighted by Gasteiger charge is -2.24. The van der Waals surface area contributed by atoms with Crippen molar-refractivity contribution in [2.24, 2.45) is 5.92 Å². The second-order valence-corrected chi connectivity index (χ2v) is 10.2. The van der Waals surface area contributed by atoms with Crippen molar-refractivity contribution >= 4 is 28.5 Å². The van der Waals surface area contributed by atoms with Crippen LogP contribution < -0.4 is 10.1 Å². The lowest BCUT2D eigenvalue weighted by molar-refractivity contribution is -0.126. The summed E-state index contributed by atoms with van der Waals surface area (Å²) in [6.45, 7) is 0.588. The van der Waals surface area contributed by atoms with Crippen molar-refractivity contribution in [3.8, 4) is 11.8 Å². The first-order chi connectivity index (χ1) is 19.0. The molecule has 9 heteroatoms. The summed E-state index contributed by atoms with van der Waals surface area (Å²) in [5.41, 5.74) is 2.08. The minimum atomic E-state index is -0.818. The average Bonchev–Trinajstić information content (AvgIpc) is 3.70. The van der Waals surface area contributed by atoms with Gasteiger partial charge in [-0.25, -0.2) is 0 Å². The Labute approximate surface area is 227 Å². The Morgan fingerprint density at radius 2 is 2.03 bits per heavy atom. The fourth-order valence-electron chi connectivity index (χ4n) is 5.59. The molecule has 2 fully saturated rings. The zero-order valence-corrected chi connectivity index (χ0v) is 21.9. The molecule has 4 atom stereocenters. The number of Topliss-reactive ketones (excluding diaryl/α,β-unsaturated/α-hetero) is 1. The van der Waals surface area contributed by atoms with Gasteiger partial charge in [-0.1, -0.05) is 36.4 Å². The lowest BCUT2D eigenvalue weighted by atomic mass is 9.98. The van der Waals surface area contributed by atoms with Crippen LogP contribution in [0, 0.1) is 17.2 Å². The number of amides is 2. The van der Waals surface area contributed by atoms with Crippen molar-refractivity contribution in [2.75, 3.05) is 13.7 Å². The fourth-order valence-corrected chi connectivity index (χ4v) is 5.59. The summed E-state index contributed by atoms with van der Waals surface area (Å²) in [6, 6.07) is 17.5. The van der Waals surface area contributed by atoms with Gasteiger partial charge in [0.15, 0.2) is 0 Å². The molecule has 9 nitrogen and oxygen atoms in total. The van der Waals surface area contributed by atoms with Gasteiger partial charge in [0.05, 0.1) is 25.9 Å². The number of nitrogens with one attached hydrogen (secondary N) is 2. The number of aromatic nitrogens is 1. The highest BCUT2D eigenvalue weighted by atomic mass is 16.5. The molecular formula is C30H32N4O5. The summed E-state index contributed by atoms with van der Waals surface area (Å²) in [4.78, 5) is 44.0. The van der Waals surface area contributed by atoms with Crippen LogP contribution in [0.4, 0.5) is 0 Å². The highest BCUT2D eigenvalue weighted by Crippen LogP contribution is 2.30. The lowest BCUT2D eigenvalue weighted by Crippen LogP contribution is -2.49. The Bertz CT molecular complexity index is 1400. The molecule has 2 amide bonds. The van der Waals surface area contributed by atoms with Crippen LogP contribution in [-0.4, -0.2) is 59.3 Å². The Morgan fingerprint density at radius 1 is 1.21 bits per heavy atom. The smallest absolute Gasteiger partial charge is 0.271 e. The maximum Gasteiger partial charge on any atom is 0.271 e. The maximum atomic E-state index is 13.7. The van der Waals surface area contributed by atoms with E-state index < -0.39 is 18.0 Å². The zero-order chi connectivity index (χ0) is 27.4. The molecule has 1 saturated heterocycles. The predicted molar refractivity (Wildman–Crippen MR) is 144 cm³/mol. The molecule has 2 N–H and O–H groups in total. The van der Waals surface area contributed by atoms with E-state index in [1.807, 2.05) is 48.5 Å². The molecule has 2 aromatic carbocycles. The van der Waals surface area contributed by atoms with Crippen molar-refractivity contribution in [2.45, 2.75) is 56.9 Å². The van der Waals surface area contributed by atoms with Gasteiger partial charge >= 0.3 is 0 Å². The predicted octanol–water partition coefficient (Wildman–Crippen LogP) is 3.74. The van der Waals surface area contributed by atoms with E-state index in [1.165, 1.54) is 4.90 Å². The molecule has 202 valence electrons. The van der Waals surface area contributed by atoms with Crippen LogP contribution in [-0.2, 0) is 20.9 Å². The van der Waals surface area contributed by atoms with Crippen molar-refractivity contribution in [3.05, 3.63) is 65.9 Å². The molecule has 1 aliphatic heterocycles. The summed E-state index contributed by atoms with van der Waals surface area (Å²) in [5.74, 6) is -0.176. The van der Waals surface area contributed by atoms with Gasteiger partial charge in [-0.3, -0.25) is 14.4 Å². The quantitative estimate of drug-likeness (QED) is 0.436. The number of benzene rings is 2.